The van der Waals surface area contributed by atoms with Crippen LogP contribution in [0.25, 0.3) is 11.3 Å². The Balaban J connectivity index is 1.76. The summed E-state index contributed by atoms with van der Waals surface area (Å²) in [6.07, 6.45) is 1.51. The van der Waals surface area contributed by atoms with Crippen LogP contribution in [0.15, 0.2) is 45.9 Å². The van der Waals surface area contributed by atoms with Crippen LogP contribution in [-0.2, 0) is 26.6 Å². The van der Waals surface area contributed by atoms with Crippen LogP contribution in [-0.4, -0.2) is 43.2 Å². The van der Waals surface area contributed by atoms with E-state index in [1.54, 1.807) is 62.7 Å². The first-order chi connectivity index (χ1) is 15.2. The lowest BCUT2D eigenvalue weighted by molar-refractivity contribution is -0.115. The predicted octanol–water partition coefficient (Wildman–Crippen LogP) is 2.39. The Morgan fingerprint density at radius 3 is 2.59 bits per heavy atom. The summed E-state index contributed by atoms with van der Waals surface area (Å²) in [6.45, 7) is 4.43. The number of sulfonamides is 1. The second-order valence-electron chi connectivity index (χ2n) is 6.98. The van der Waals surface area contributed by atoms with Crippen molar-refractivity contribution >= 4 is 27.6 Å². The van der Waals surface area contributed by atoms with Gasteiger partial charge in [-0.1, -0.05) is 17.3 Å². The predicted molar refractivity (Wildman–Crippen MR) is 117 cm³/mol. The Morgan fingerprint density at radius 2 is 1.94 bits per heavy atom. The largest absolute Gasteiger partial charge is 0.462 e. The third kappa shape index (κ3) is 4.73. The number of hydrogen-bond donors (Lipinski definition) is 2. The minimum absolute atomic E-state index is 0.0421. The number of rotatable bonds is 8. The number of hydrogen-bond acceptors (Lipinski definition) is 7. The maximum absolute atomic E-state index is 13.0. The first kappa shape index (κ1) is 23.2. The van der Waals surface area contributed by atoms with Crippen molar-refractivity contribution < 1.29 is 27.3 Å². The van der Waals surface area contributed by atoms with Gasteiger partial charge in [-0.3, -0.25) is 4.79 Å². The maximum Gasteiger partial charge on any atom is 0.341 e. The summed E-state index contributed by atoms with van der Waals surface area (Å²) < 4.78 is 39.9. The highest BCUT2D eigenvalue weighted by molar-refractivity contribution is 7.89. The molecule has 0 saturated heterocycles. The number of benzene rings is 1. The fraction of sp³-hybridized carbons (Fsp3) is 0.286. The van der Waals surface area contributed by atoms with Crippen LogP contribution in [0, 0.1) is 13.8 Å². The summed E-state index contributed by atoms with van der Waals surface area (Å²) >= 11 is 0. The van der Waals surface area contributed by atoms with Gasteiger partial charge in [-0.15, -0.1) is 0 Å². The third-order valence-corrected chi connectivity index (χ3v) is 6.52. The summed E-state index contributed by atoms with van der Waals surface area (Å²) in [7, 11) is -2.52. The second kappa shape index (κ2) is 9.37. The molecule has 0 radical (unpaired) electrons. The molecule has 0 saturated carbocycles. The van der Waals surface area contributed by atoms with Gasteiger partial charge in [0.05, 0.1) is 19.3 Å². The van der Waals surface area contributed by atoms with E-state index < -0.39 is 28.4 Å². The SMILES string of the molecule is CCOC(=O)c1c(S(=O)(=O)NCC(=O)Nc2cccc(-c3ccno3)c2)c(C)n(C)c1C. The van der Waals surface area contributed by atoms with E-state index in [2.05, 4.69) is 15.2 Å². The van der Waals surface area contributed by atoms with Crippen LogP contribution in [0.1, 0.15) is 28.7 Å². The fourth-order valence-electron chi connectivity index (χ4n) is 3.24. The van der Waals surface area contributed by atoms with Gasteiger partial charge >= 0.3 is 5.97 Å². The minimum Gasteiger partial charge on any atom is -0.462 e. The number of aromatic nitrogens is 2. The molecule has 3 rings (SSSR count). The molecule has 1 aromatic carbocycles. The van der Waals surface area contributed by atoms with Gasteiger partial charge in [-0.25, -0.2) is 17.9 Å². The normalized spacial score (nSPS) is 11.4. The van der Waals surface area contributed by atoms with Crippen LogP contribution >= 0.6 is 0 Å². The average molecular weight is 461 g/mol. The number of nitrogens with zero attached hydrogens (tertiary/aromatic N) is 2. The quantitative estimate of drug-likeness (QED) is 0.493. The Bertz CT molecular complexity index is 1250. The highest BCUT2D eigenvalue weighted by atomic mass is 32.2. The number of carbonyl (C=O) groups is 2. The molecular weight excluding hydrogens is 436 g/mol. The number of nitrogens with one attached hydrogen (secondary N) is 2. The standard InChI is InChI=1S/C21H24N4O6S/c1-5-30-21(27)19-13(2)25(4)14(3)20(19)32(28,29)23-12-18(26)24-16-8-6-7-15(11-16)17-9-10-22-31-17/h6-11,23H,5,12H2,1-4H3,(H,24,26). The molecule has 170 valence electrons. The minimum atomic E-state index is -4.17. The molecule has 0 aliphatic rings. The number of anilines is 1. The summed E-state index contributed by atoms with van der Waals surface area (Å²) in [5, 5.41) is 6.28. The molecule has 0 spiro atoms. The van der Waals surface area contributed by atoms with Crippen molar-refractivity contribution in [1.82, 2.24) is 14.4 Å². The van der Waals surface area contributed by atoms with Crippen molar-refractivity contribution in [3.05, 3.63) is 53.5 Å². The summed E-state index contributed by atoms with van der Waals surface area (Å²) in [4.78, 5) is 24.6. The van der Waals surface area contributed by atoms with Crippen LogP contribution in [0.2, 0.25) is 0 Å². The highest BCUT2D eigenvalue weighted by Crippen LogP contribution is 2.27. The molecule has 0 unspecified atom stereocenters. The first-order valence-electron chi connectivity index (χ1n) is 9.79. The van der Waals surface area contributed by atoms with Crippen molar-refractivity contribution in [2.45, 2.75) is 25.7 Å². The number of ether oxygens (including phenoxy) is 1. The van der Waals surface area contributed by atoms with E-state index in [1.165, 1.54) is 6.20 Å². The Kier molecular flexibility index (Phi) is 6.80. The van der Waals surface area contributed by atoms with Gasteiger partial charge in [0.15, 0.2) is 5.76 Å². The van der Waals surface area contributed by atoms with E-state index in [4.69, 9.17) is 9.26 Å². The Morgan fingerprint density at radius 1 is 1.19 bits per heavy atom. The van der Waals surface area contributed by atoms with E-state index in [0.717, 1.165) is 0 Å². The van der Waals surface area contributed by atoms with Crippen molar-refractivity contribution in [1.29, 1.82) is 0 Å². The molecule has 0 fully saturated rings. The molecule has 1 amide bonds. The fourth-order valence-corrected chi connectivity index (χ4v) is 4.73. The molecule has 2 heterocycles. The van der Waals surface area contributed by atoms with Gasteiger partial charge in [-0.05, 0) is 32.9 Å². The molecule has 2 N–H and O–H groups in total. The van der Waals surface area contributed by atoms with Crippen molar-refractivity contribution in [2.24, 2.45) is 7.05 Å². The molecule has 0 aliphatic heterocycles. The highest BCUT2D eigenvalue weighted by Gasteiger charge is 2.31. The lowest BCUT2D eigenvalue weighted by atomic mass is 10.1. The van der Waals surface area contributed by atoms with Gasteiger partial charge in [0, 0.05) is 35.8 Å². The summed E-state index contributed by atoms with van der Waals surface area (Å²) in [6, 6.07) is 8.53. The van der Waals surface area contributed by atoms with Crippen molar-refractivity contribution in [3.63, 3.8) is 0 Å². The molecule has 0 bridgehead atoms. The van der Waals surface area contributed by atoms with Crippen molar-refractivity contribution in [3.8, 4) is 11.3 Å². The van der Waals surface area contributed by atoms with Crippen molar-refractivity contribution in [2.75, 3.05) is 18.5 Å². The molecule has 10 nitrogen and oxygen atoms in total. The topological polar surface area (TPSA) is 133 Å². The van der Waals surface area contributed by atoms with E-state index in [9.17, 15) is 18.0 Å². The zero-order valence-electron chi connectivity index (χ0n) is 18.1. The van der Waals surface area contributed by atoms with E-state index >= 15 is 0 Å². The summed E-state index contributed by atoms with van der Waals surface area (Å²) in [5.74, 6) is -0.780. The van der Waals surface area contributed by atoms with Crippen LogP contribution in [0.5, 0.6) is 0 Å². The molecular formula is C21H24N4O6S. The third-order valence-electron chi connectivity index (χ3n) is 4.96. The maximum atomic E-state index is 13.0. The zero-order valence-corrected chi connectivity index (χ0v) is 18.9. The number of carbonyl (C=O) groups excluding carboxylic acids is 2. The first-order valence-corrected chi connectivity index (χ1v) is 11.3. The molecule has 11 heteroatoms. The molecule has 2 aromatic heterocycles. The number of amides is 1. The molecule has 0 atom stereocenters. The van der Waals surface area contributed by atoms with Crippen LogP contribution < -0.4 is 10.0 Å². The average Bonchev–Trinajstić information content (AvgIpc) is 3.36. The second-order valence-corrected chi connectivity index (χ2v) is 8.69. The van der Waals surface area contributed by atoms with Crippen LogP contribution in [0.4, 0.5) is 5.69 Å². The monoisotopic (exact) mass is 460 g/mol. The van der Waals surface area contributed by atoms with E-state index in [1.807, 2.05) is 0 Å². The Labute approximate surface area is 185 Å². The number of esters is 1. The van der Waals surface area contributed by atoms with Gasteiger partial charge in [-0.2, -0.15) is 0 Å². The lowest BCUT2D eigenvalue weighted by Crippen LogP contribution is -2.34. The Hall–Kier alpha value is -3.44. The van der Waals surface area contributed by atoms with Gasteiger partial charge < -0.3 is 19.1 Å². The molecule has 3 aromatic rings. The van der Waals surface area contributed by atoms with Gasteiger partial charge in [0.25, 0.3) is 0 Å². The van der Waals surface area contributed by atoms with Crippen LogP contribution in [0.3, 0.4) is 0 Å². The zero-order chi connectivity index (χ0) is 23.5. The smallest absolute Gasteiger partial charge is 0.341 e. The van der Waals surface area contributed by atoms with Gasteiger partial charge in [0.2, 0.25) is 15.9 Å². The molecule has 32 heavy (non-hydrogen) atoms. The van der Waals surface area contributed by atoms with E-state index in [0.29, 0.717) is 28.4 Å². The van der Waals surface area contributed by atoms with Gasteiger partial charge in [0.1, 0.15) is 10.5 Å². The lowest BCUT2D eigenvalue weighted by Gasteiger charge is -2.10. The molecule has 0 aliphatic carbocycles. The summed E-state index contributed by atoms with van der Waals surface area (Å²) in [5.41, 5.74) is 1.94. The van der Waals surface area contributed by atoms with E-state index in [-0.39, 0.29) is 17.1 Å².